The molecule has 0 fully saturated rings. The van der Waals surface area contributed by atoms with Crippen molar-refractivity contribution in [2.24, 2.45) is 0 Å². The summed E-state index contributed by atoms with van der Waals surface area (Å²) in [4.78, 5) is 36.9. The van der Waals surface area contributed by atoms with E-state index in [1.165, 1.54) is 0 Å². The van der Waals surface area contributed by atoms with E-state index in [1.54, 1.807) is 0 Å². The monoisotopic (exact) mass is 660 g/mol. The summed E-state index contributed by atoms with van der Waals surface area (Å²) in [7, 11) is 0. The van der Waals surface area contributed by atoms with Gasteiger partial charge < -0.3 is 0 Å². The zero-order valence-corrected chi connectivity index (χ0v) is 21.4. The highest BCUT2D eigenvalue weighted by atomic mass is 19.4. The Labute approximate surface area is 241 Å². The first-order chi connectivity index (χ1) is 21.6. The van der Waals surface area contributed by atoms with Crippen molar-refractivity contribution in [2.75, 3.05) is 0 Å². The fourth-order valence-electron chi connectivity index (χ4n) is 4.61. The van der Waals surface area contributed by atoms with E-state index in [-0.39, 0.29) is 0 Å². The highest BCUT2D eigenvalue weighted by molar-refractivity contribution is 6.20. The fraction of sp³-hybridized carbons (Fsp3) is 0.167. The van der Waals surface area contributed by atoms with Gasteiger partial charge in [0.05, 0.1) is 0 Å². The summed E-state index contributed by atoms with van der Waals surface area (Å²) in [6, 6.07) is 0. The molecule has 22 heteroatoms. The van der Waals surface area contributed by atoms with E-state index in [2.05, 4.69) is 49.8 Å². The summed E-state index contributed by atoms with van der Waals surface area (Å²) in [6.07, 6.45) is -10.5. The molecule has 7 rings (SSSR count). The van der Waals surface area contributed by atoms with Crippen LogP contribution in [-0.4, -0.2) is 49.8 Å². The quantitative estimate of drug-likeness (QED) is 0.0707. The third kappa shape index (κ3) is 4.14. The Bertz CT molecular complexity index is 2310. The molecule has 46 heavy (non-hydrogen) atoms. The van der Waals surface area contributed by atoms with Crippen LogP contribution in [0.25, 0.3) is 66.7 Å². The van der Waals surface area contributed by atoms with E-state index in [0.29, 0.717) is 0 Å². The highest BCUT2D eigenvalue weighted by Crippen LogP contribution is 2.37. The van der Waals surface area contributed by atoms with Gasteiger partial charge in [-0.2, -0.15) is 26.3 Å². The Morgan fingerprint density at radius 3 is 0.913 bits per heavy atom. The van der Waals surface area contributed by atoms with Crippen molar-refractivity contribution in [1.82, 2.24) is 49.8 Å². The van der Waals surface area contributed by atoms with Gasteiger partial charge >= 0.3 is 12.4 Å². The highest BCUT2D eigenvalue weighted by Gasteiger charge is 2.38. The molecular formula is C24H4F12N10. The SMILES string of the molecule is FCc1nc2nc3c4nc5nc(CF)c(C(F)(F)F)nc5nc4c4nc5c(F)c(F)c(F)c(F)c5nc4c3nc2nc1C(F)(F)F. The number of fused-ring (bicyclic) bond motifs is 9. The van der Waals surface area contributed by atoms with Gasteiger partial charge in [0.1, 0.15) is 68.9 Å². The van der Waals surface area contributed by atoms with Crippen molar-refractivity contribution in [1.29, 1.82) is 0 Å². The van der Waals surface area contributed by atoms with E-state index in [0.717, 1.165) is 0 Å². The number of aromatic nitrogens is 10. The second-order valence-corrected chi connectivity index (χ2v) is 9.31. The molecule has 0 bridgehead atoms. The van der Waals surface area contributed by atoms with Gasteiger partial charge in [-0.05, 0) is 0 Å². The Hall–Kier alpha value is -5.44. The molecule has 234 valence electrons. The van der Waals surface area contributed by atoms with Gasteiger partial charge in [-0.3, -0.25) is 0 Å². The lowest BCUT2D eigenvalue weighted by molar-refractivity contribution is -0.143. The molecule has 0 aliphatic rings. The zero-order valence-electron chi connectivity index (χ0n) is 21.4. The molecule has 0 aliphatic heterocycles. The second kappa shape index (κ2) is 9.53. The lowest BCUT2D eigenvalue weighted by atomic mass is 10.1. The molecule has 0 amide bonds. The van der Waals surface area contributed by atoms with Crippen LogP contribution in [0.3, 0.4) is 0 Å². The second-order valence-electron chi connectivity index (χ2n) is 9.31. The number of hydrogen-bond donors (Lipinski definition) is 0. The van der Waals surface area contributed by atoms with Crippen molar-refractivity contribution in [3.63, 3.8) is 0 Å². The third-order valence-corrected chi connectivity index (χ3v) is 6.54. The molecule has 0 aliphatic carbocycles. The van der Waals surface area contributed by atoms with Crippen LogP contribution in [0, 0.1) is 23.3 Å². The zero-order chi connectivity index (χ0) is 33.0. The number of alkyl halides is 8. The van der Waals surface area contributed by atoms with Crippen molar-refractivity contribution in [3.05, 3.63) is 46.0 Å². The van der Waals surface area contributed by atoms with E-state index in [1.807, 2.05) is 0 Å². The Morgan fingerprint density at radius 2 is 0.630 bits per heavy atom. The number of nitrogens with zero attached hydrogens (tertiary/aromatic N) is 10. The average Bonchev–Trinajstić information content (AvgIpc) is 3.02. The summed E-state index contributed by atoms with van der Waals surface area (Å²) < 4.78 is 166. The summed E-state index contributed by atoms with van der Waals surface area (Å²) in [5, 5.41) is 0. The first kappa shape index (κ1) is 29.3. The van der Waals surface area contributed by atoms with Crippen LogP contribution >= 0.6 is 0 Å². The van der Waals surface area contributed by atoms with Crippen molar-refractivity contribution < 1.29 is 52.7 Å². The van der Waals surface area contributed by atoms with Crippen LogP contribution in [0.1, 0.15) is 22.8 Å². The predicted octanol–water partition coefficient (Wildman–Crippen LogP) is 6.09. The van der Waals surface area contributed by atoms with Gasteiger partial charge in [0.2, 0.25) is 0 Å². The third-order valence-electron chi connectivity index (χ3n) is 6.54. The predicted molar refractivity (Wildman–Crippen MR) is 129 cm³/mol. The van der Waals surface area contributed by atoms with Crippen LogP contribution in [0.5, 0.6) is 0 Å². The van der Waals surface area contributed by atoms with Crippen LogP contribution < -0.4 is 0 Å². The average molecular weight is 660 g/mol. The Kier molecular flexibility index (Phi) is 6.07. The molecule has 0 spiro atoms. The minimum absolute atomic E-state index is 0.552. The molecule has 5 heterocycles. The summed E-state index contributed by atoms with van der Waals surface area (Å²) in [5.41, 5.74) is -15.5. The van der Waals surface area contributed by atoms with Crippen molar-refractivity contribution in [3.8, 4) is 0 Å². The van der Waals surface area contributed by atoms with Gasteiger partial charge in [-0.25, -0.2) is 76.2 Å². The van der Waals surface area contributed by atoms with E-state index in [9.17, 15) is 52.7 Å². The van der Waals surface area contributed by atoms with Crippen LogP contribution in [-0.2, 0) is 25.7 Å². The lowest BCUT2D eigenvalue weighted by Gasteiger charge is -2.13. The molecule has 0 radical (unpaired) electrons. The van der Waals surface area contributed by atoms with E-state index in [4.69, 9.17) is 0 Å². The fourth-order valence-corrected chi connectivity index (χ4v) is 4.61. The summed E-state index contributed by atoms with van der Waals surface area (Å²) in [6.45, 7) is -3.51. The Balaban J connectivity index is 1.73. The standard InChI is InChI=1S/C24H4F12N10/c25-1-3-17(23(31,32)33)45-21-19(37-3)41-15-13(43-21)11-12(40-10-8(30)6(28)5(27)7(29)9(10)39-11)14-16(15)42-20-22(44-14)46-18(24(34,35)36)4(2-26)38-20/h1-2H2. The largest absolute Gasteiger partial charge is 0.435 e. The summed E-state index contributed by atoms with van der Waals surface area (Å²) >= 11 is 0. The molecule has 5 aromatic heterocycles. The molecule has 2 aromatic carbocycles. The maximum Gasteiger partial charge on any atom is 0.435 e. The first-order valence-corrected chi connectivity index (χ1v) is 12.1. The maximum absolute atomic E-state index is 14.8. The molecule has 0 saturated carbocycles. The normalized spacial score (nSPS) is 13.0. The topological polar surface area (TPSA) is 129 Å². The smallest absolute Gasteiger partial charge is 0.244 e. The first-order valence-electron chi connectivity index (χ1n) is 12.1. The van der Waals surface area contributed by atoms with Crippen LogP contribution in [0.2, 0.25) is 0 Å². The van der Waals surface area contributed by atoms with Gasteiger partial charge in [0.15, 0.2) is 57.2 Å². The lowest BCUT2D eigenvalue weighted by Crippen LogP contribution is -2.15. The molecule has 10 nitrogen and oxygen atoms in total. The molecule has 0 saturated heterocycles. The van der Waals surface area contributed by atoms with Crippen LogP contribution in [0.4, 0.5) is 52.7 Å². The van der Waals surface area contributed by atoms with Crippen molar-refractivity contribution in [2.45, 2.75) is 25.7 Å². The van der Waals surface area contributed by atoms with Crippen LogP contribution in [0.15, 0.2) is 0 Å². The van der Waals surface area contributed by atoms with Gasteiger partial charge in [-0.15, -0.1) is 0 Å². The van der Waals surface area contributed by atoms with Crippen molar-refractivity contribution >= 4 is 66.7 Å². The minimum atomic E-state index is -5.23. The number of benzene rings is 2. The Morgan fingerprint density at radius 1 is 0.348 bits per heavy atom. The van der Waals surface area contributed by atoms with E-state index < -0.39 is 138 Å². The maximum atomic E-state index is 14.8. The number of rotatable bonds is 2. The van der Waals surface area contributed by atoms with Gasteiger partial charge in [0, 0.05) is 0 Å². The molecule has 7 aromatic rings. The number of hydrogen-bond acceptors (Lipinski definition) is 10. The molecule has 0 atom stereocenters. The molecule has 0 unspecified atom stereocenters. The summed E-state index contributed by atoms with van der Waals surface area (Å²) in [5.74, 6) is -8.68. The molecule has 0 N–H and O–H groups in total. The van der Waals surface area contributed by atoms with Gasteiger partial charge in [0.25, 0.3) is 0 Å². The minimum Gasteiger partial charge on any atom is -0.244 e. The van der Waals surface area contributed by atoms with Gasteiger partial charge in [-0.1, -0.05) is 0 Å². The van der Waals surface area contributed by atoms with E-state index >= 15 is 0 Å². The molecular weight excluding hydrogens is 656 g/mol. The number of halogens is 12.